The molecule has 0 radical (unpaired) electrons. The van der Waals surface area contributed by atoms with Gasteiger partial charge in [-0.1, -0.05) is 0 Å². The van der Waals surface area contributed by atoms with E-state index in [0.717, 1.165) is 0 Å². The van der Waals surface area contributed by atoms with Crippen molar-refractivity contribution < 1.29 is 43.9 Å². The van der Waals surface area contributed by atoms with Crippen LogP contribution in [0.2, 0.25) is 0 Å². The number of rotatable bonds is 2. The molecule has 0 bridgehead atoms. The molecule has 1 aliphatic carbocycles. The Kier molecular flexibility index (Phi) is 5.77. The minimum absolute atomic E-state index is 0.0403. The minimum atomic E-state index is -2.39. The zero-order valence-corrected chi connectivity index (χ0v) is 18.3. The van der Waals surface area contributed by atoms with E-state index in [0.29, 0.717) is 17.7 Å². The molecule has 37 heavy (non-hydrogen) atoms. The molecule has 0 fully saturated rings. The molecule has 11 heteroatoms. The molecule has 0 aliphatic heterocycles. The Morgan fingerprint density at radius 1 is 0.514 bits per heavy atom. The van der Waals surface area contributed by atoms with Gasteiger partial charge in [-0.2, -0.15) is 0 Å². The van der Waals surface area contributed by atoms with Gasteiger partial charge in [0.25, 0.3) is 0 Å². The normalized spacial score (nSPS) is 14.1. The number of halogens is 10. The molecule has 186 valence electrons. The molecular weight excluding hydrogens is 513 g/mol. The molecule has 0 N–H and O–H groups in total. The maximum atomic E-state index is 14.8. The molecule has 0 nitrogen and oxygen atoms in total. The number of allylic oxidation sites excluding steroid dienone is 1. The average Bonchev–Trinajstić information content (AvgIpc) is 3.17. The van der Waals surface area contributed by atoms with Gasteiger partial charge in [0, 0.05) is 0 Å². The Labute approximate surface area is 202 Å². The van der Waals surface area contributed by atoms with Crippen LogP contribution >= 0.6 is 0 Å². The molecule has 0 unspecified atom stereocenters. The maximum absolute atomic E-state index is 14.8. The Morgan fingerprint density at radius 2 is 1.00 bits per heavy atom. The summed E-state index contributed by atoms with van der Waals surface area (Å²) in [4.78, 5) is 0. The molecule has 0 amide bonds. The van der Waals surface area contributed by atoms with Gasteiger partial charge in [0.1, 0.15) is 0 Å². The van der Waals surface area contributed by atoms with Crippen LogP contribution in [0.25, 0.3) is 16.3 Å². The van der Waals surface area contributed by atoms with Crippen molar-refractivity contribution in [1.29, 1.82) is 0 Å². The van der Waals surface area contributed by atoms with Crippen LogP contribution in [0.1, 0.15) is 23.6 Å². The molecule has 4 aromatic carbocycles. The molecule has 0 spiro atoms. The van der Waals surface area contributed by atoms with Crippen LogP contribution < -0.4 is 5.46 Å². The van der Waals surface area contributed by atoms with Gasteiger partial charge < -0.3 is 0 Å². The fourth-order valence-corrected chi connectivity index (χ4v) is 4.51. The van der Waals surface area contributed by atoms with Crippen LogP contribution in [-0.4, -0.2) is 12.4 Å². The molecule has 1 aliphatic rings. The molecular formula is C26H9BF10. The zero-order valence-electron chi connectivity index (χ0n) is 18.3. The second kappa shape index (κ2) is 8.60. The van der Waals surface area contributed by atoms with E-state index in [9.17, 15) is 43.9 Å². The van der Waals surface area contributed by atoms with E-state index in [1.165, 1.54) is 25.1 Å². The number of hydrogen-bond donors (Lipinski definition) is 0. The van der Waals surface area contributed by atoms with E-state index >= 15 is 0 Å². The van der Waals surface area contributed by atoms with E-state index in [1.54, 1.807) is 18.2 Å². The first-order chi connectivity index (χ1) is 17.5. The van der Waals surface area contributed by atoms with Crippen molar-refractivity contribution in [2.45, 2.75) is 6.92 Å². The fourth-order valence-electron chi connectivity index (χ4n) is 4.51. The SMILES string of the molecule is CC1=C(c2c(F)c(F)c(F)c(F)c2F)c2ccc3ccccc3c2C1=Bc1c(F)c(F)c(F)c(F)c1F. The number of fused-ring (bicyclic) bond motifs is 3. The van der Waals surface area contributed by atoms with Crippen molar-refractivity contribution in [3.05, 3.63) is 117 Å². The standard InChI is InChI=1S/C26H9BF10/c1-8-12(14-17(28)21(32)25(36)22(33)18(14)29)11-7-6-9-4-2-3-5-10(9)13(11)15(8)27-16-19(30)23(34)26(37)24(35)20(16)31/h2-7H,1H3. The van der Waals surface area contributed by atoms with Crippen LogP contribution in [0.15, 0.2) is 42.0 Å². The molecule has 0 atom stereocenters. The molecule has 0 saturated carbocycles. The van der Waals surface area contributed by atoms with Crippen molar-refractivity contribution >= 4 is 34.2 Å². The topological polar surface area (TPSA) is 0 Å². The van der Waals surface area contributed by atoms with Gasteiger partial charge in [-0.3, -0.25) is 0 Å². The molecule has 0 aromatic heterocycles. The van der Waals surface area contributed by atoms with Crippen LogP contribution in [0.3, 0.4) is 0 Å². The Balaban J connectivity index is 1.94. The van der Waals surface area contributed by atoms with Crippen molar-refractivity contribution in [2.75, 3.05) is 0 Å². The van der Waals surface area contributed by atoms with Gasteiger partial charge in [-0.15, -0.1) is 0 Å². The summed E-state index contributed by atoms with van der Waals surface area (Å²) in [5.74, 6) is -22.3. The first-order valence-corrected chi connectivity index (χ1v) is 10.5. The second-order valence-electron chi connectivity index (χ2n) is 8.20. The van der Waals surface area contributed by atoms with Crippen molar-refractivity contribution in [2.24, 2.45) is 0 Å². The Hall–Kier alpha value is -3.89. The fraction of sp³-hybridized carbons (Fsp3) is 0.0385. The quantitative estimate of drug-likeness (QED) is 0.120. The van der Waals surface area contributed by atoms with E-state index in [-0.39, 0.29) is 22.2 Å². The van der Waals surface area contributed by atoms with Crippen molar-refractivity contribution in [3.63, 3.8) is 0 Å². The Bertz CT molecular complexity index is 1680. The van der Waals surface area contributed by atoms with Gasteiger partial charge >= 0.3 is 202 Å². The van der Waals surface area contributed by atoms with E-state index < -0.39 is 74.8 Å². The number of hydrogen-bond acceptors (Lipinski definition) is 0. The van der Waals surface area contributed by atoms with E-state index in [2.05, 4.69) is 0 Å². The van der Waals surface area contributed by atoms with Gasteiger partial charge in [0.05, 0.1) is 0 Å². The van der Waals surface area contributed by atoms with Crippen LogP contribution in [-0.2, 0) is 0 Å². The van der Waals surface area contributed by atoms with Gasteiger partial charge in [-0.05, 0) is 0 Å². The summed E-state index contributed by atoms with van der Waals surface area (Å²) in [6, 6.07) is 9.07. The average molecular weight is 522 g/mol. The summed E-state index contributed by atoms with van der Waals surface area (Å²) in [6.07, 6.45) is 0. The van der Waals surface area contributed by atoms with Crippen LogP contribution in [0.4, 0.5) is 43.9 Å². The number of benzene rings is 4. The first-order valence-electron chi connectivity index (χ1n) is 10.5. The van der Waals surface area contributed by atoms with Crippen LogP contribution in [0.5, 0.6) is 0 Å². The summed E-state index contributed by atoms with van der Waals surface area (Å²) in [5.41, 5.74) is -3.64. The summed E-state index contributed by atoms with van der Waals surface area (Å²) < 4.78 is 142. The summed E-state index contributed by atoms with van der Waals surface area (Å²) in [7, 11) is 0. The third-order valence-corrected chi connectivity index (χ3v) is 6.24. The van der Waals surface area contributed by atoms with E-state index in [1.807, 2.05) is 0 Å². The van der Waals surface area contributed by atoms with E-state index in [4.69, 9.17) is 0 Å². The summed E-state index contributed by atoms with van der Waals surface area (Å²) in [5, 5.41) is 0.837. The van der Waals surface area contributed by atoms with Crippen LogP contribution in [0, 0.1) is 58.2 Å². The predicted molar refractivity (Wildman–Crippen MR) is 118 cm³/mol. The third kappa shape index (κ3) is 3.43. The second-order valence-corrected chi connectivity index (χ2v) is 8.20. The first kappa shape index (κ1) is 24.8. The molecule has 4 aromatic rings. The van der Waals surface area contributed by atoms with Gasteiger partial charge in [0.2, 0.25) is 0 Å². The third-order valence-electron chi connectivity index (χ3n) is 6.24. The molecule has 0 saturated heterocycles. The monoisotopic (exact) mass is 522 g/mol. The zero-order chi connectivity index (χ0) is 26.9. The van der Waals surface area contributed by atoms with Gasteiger partial charge in [-0.25, -0.2) is 0 Å². The van der Waals surface area contributed by atoms with Gasteiger partial charge in [0.15, 0.2) is 0 Å². The summed E-state index contributed by atoms with van der Waals surface area (Å²) in [6.45, 7) is 1.76. The van der Waals surface area contributed by atoms with Crippen molar-refractivity contribution in [3.8, 4) is 0 Å². The summed E-state index contributed by atoms with van der Waals surface area (Å²) >= 11 is 0. The van der Waals surface area contributed by atoms with Crippen molar-refractivity contribution in [1.82, 2.24) is 0 Å². The molecule has 5 rings (SSSR count). The predicted octanol–water partition coefficient (Wildman–Crippen LogP) is 6.62. The molecule has 0 heterocycles. The Morgan fingerprint density at radius 3 is 1.57 bits per heavy atom.